The number of nitrogens with zero attached hydrogens (tertiary/aromatic N) is 4. The Morgan fingerprint density at radius 1 is 0.938 bits per heavy atom. The topological polar surface area (TPSA) is 57.5 Å². The van der Waals surface area contributed by atoms with Crippen molar-refractivity contribution in [2.24, 2.45) is 4.99 Å². The predicted octanol–water partition coefficient (Wildman–Crippen LogP) is 3.78. The molecule has 0 atom stereocenters. The number of aromatic nitrogens is 2. The summed E-state index contributed by atoms with van der Waals surface area (Å²) in [5.74, 6) is 0.841. The van der Waals surface area contributed by atoms with Gasteiger partial charge < -0.3 is 15.2 Å². The first-order chi connectivity index (χ1) is 15.8. The number of hydrogen-bond donors (Lipinski definition) is 2. The molecule has 1 saturated heterocycles. The van der Waals surface area contributed by atoms with Crippen LogP contribution >= 0.6 is 0 Å². The van der Waals surface area contributed by atoms with E-state index < -0.39 is 0 Å². The maximum Gasteiger partial charge on any atom is 0.191 e. The Labute approximate surface area is 191 Å². The van der Waals surface area contributed by atoms with Crippen LogP contribution < -0.4 is 10.6 Å². The standard InChI is InChI=1S/C26H34N6/c1-2-28-26(29-17-22-8-10-23(11-9-22)19-31-13-3-4-14-31)30-18-24-6-5-7-25(16-24)20-32-15-12-27-21-32/h5-12,15-16,21H,2-4,13-14,17-20H2,1H3,(H2,28,29,30). The molecule has 0 unspecified atom stereocenters. The van der Waals surface area contributed by atoms with Gasteiger partial charge in [-0.3, -0.25) is 4.90 Å². The molecular formula is C26H34N6. The minimum absolute atomic E-state index is 0.641. The molecule has 2 heterocycles. The Morgan fingerprint density at radius 3 is 2.47 bits per heavy atom. The number of hydrogen-bond acceptors (Lipinski definition) is 3. The number of nitrogens with one attached hydrogen (secondary N) is 2. The number of benzene rings is 2. The van der Waals surface area contributed by atoms with Gasteiger partial charge in [-0.15, -0.1) is 0 Å². The first-order valence-electron chi connectivity index (χ1n) is 11.6. The second kappa shape index (κ2) is 11.5. The van der Waals surface area contributed by atoms with Crippen LogP contribution in [0.1, 0.15) is 42.0 Å². The molecule has 0 bridgehead atoms. The number of aliphatic imine (C=N–C) groups is 1. The molecule has 2 aromatic carbocycles. The van der Waals surface area contributed by atoms with Crippen molar-refractivity contribution in [1.82, 2.24) is 25.1 Å². The van der Waals surface area contributed by atoms with Gasteiger partial charge in [0.25, 0.3) is 0 Å². The van der Waals surface area contributed by atoms with Crippen molar-refractivity contribution in [2.75, 3.05) is 19.6 Å². The lowest BCUT2D eigenvalue weighted by Gasteiger charge is -2.15. The summed E-state index contributed by atoms with van der Waals surface area (Å²) in [5.41, 5.74) is 5.11. The van der Waals surface area contributed by atoms with Gasteiger partial charge in [0.1, 0.15) is 0 Å². The van der Waals surface area contributed by atoms with Crippen LogP contribution in [-0.4, -0.2) is 40.0 Å². The molecule has 3 aromatic rings. The maximum absolute atomic E-state index is 4.79. The molecular weight excluding hydrogens is 396 g/mol. The SMILES string of the molecule is CCNC(=NCc1cccc(Cn2ccnc2)c1)NCc1ccc(CN2CCCC2)cc1. The fourth-order valence-corrected chi connectivity index (χ4v) is 4.08. The zero-order valence-corrected chi connectivity index (χ0v) is 19.0. The number of rotatable bonds is 9. The smallest absolute Gasteiger partial charge is 0.191 e. The van der Waals surface area contributed by atoms with Crippen LogP contribution in [0.4, 0.5) is 0 Å². The van der Waals surface area contributed by atoms with Crippen LogP contribution in [0.25, 0.3) is 0 Å². The summed E-state index contributed by atoms with van der Waals surface area (Å²) < 4.78 is 2.07. The van der Waals surface area contributed by atoms with Crippen molar-refractivity contribution in [3.05, 3.63) is 89.5 Å². The van der Waals surface area contributed by atoms with Crippen molar-refractivity contribution in [1.29, 1.82) is 0 Å². The van der Waals surface area contributed by atoms with Gasteiger partial charge in [-0.2, -0.15) is 0 Å². The van der Waals surface area contributed by atoms with Crippen LogP contribution in [0.3, 0.4) is 0 Å². The summed E-state index contributed by atoms with van der Waals surface area (Å²) in [4.78, 5) is 11.4. The number of guanidine groups is 1. The first kappa shape index (κ1) is 22.1. The zero-order valence-electron chi connectivity index (χ0n) is 19.0. The summed E-state index contributed by atoms with van der Waals surface area (Å²) in [6.07, 6.45) is 8.31. The summed E-state index contributed by atoms with van der Waals surface area (Å²) in [5, 5.41) is 6.82. The summed E-state index contributed by atoms with van der Waals surface area (Å²) in [6, 6.07) is 17.5. The highest BCUT2D eigenvalue weighted by Gasteiger charge is 2.11. The normalized spacial score (nSPS) is 14.6. The lowest BCUT2D eigenvalue weighted by atomic mass is 10.1. The molecule has 0 aliphatic carbocycles. The molecule has 1 fully saturated rings. The van der Waals surface area contributed by atoms with E-state index in [0.29, 0.717) is 6.54 Å². The highest BCUT2D eigenvalue weighted by molar-refractivity contribution is 5.79. The maximum atomic E-state index is 4.79. The number of likely N-dealkylation sites (tertiary alicyclic amines) is 1. The second-order valence-corrected chi connectivity index (χ2v) is 8.40. The molecule has 1 aliphatic heterocycles. The Morgan fingerprint density at radius 2 is 1.72 bits per heavy atom. The number of imidazole rings is 1. The molecule has 0 radical (unpaired) electrons. The molecule has 168 valence electrons. The molecule has 0 saturated carbocycles. The van der Waals surface area contributed by atoms with E-state index in [1.54, 1.807) is 0 Å². The van der Waals surface area contributed by atoms with E-state index in [2.05, 4.69) is 80.5 Å². The zero-order chi connectivity index (χ0) is 22.0. The fraction of sp³-hybridized carbons (Fsp3) is 0.385. The van der Waals surface area contributed by atoms with E-state index in [9.17, 15) is 0 Å². The van der Waals surface area contributed by atoms with E-state index >= 15 is 0 Å². The quantitative estimate of drug-likeness (QED) is 0.401. The molecule has 1 aliphatic rings. The molecule has 32 heavy (non-hydrogen) atoms. The van der Waals surface area contributed by atoms with Crippen LogP contribution in [0.5, 0.6) is 0 Å². The van der Waals surface area contributed by atoms with Gasteiger partial charge in [-0.1, -0.05) is 48.5 Å². The Hall–Kier alpha value is -3.12. The van der Waals surface area contributed by atoms with Gasteiger partial charge in [0, 0.05) is 38.6 Å². The van der Waals surface area contributed by atoms with Crippen molar-refractivity contribution in [2.45, 2.75) is 45.9 Å². The van der Waals surface area contributed by atoms with E-state index in [0.717, 1.165) is 32.1 Å². The summed E-state index contributed by atoms with van der Waals surface area (Å²) in [7, 11) is 0. The fourth-order valence-electron chi connectivity index (χ4n) is 4.08. The van der Waals surface area contributed by atoms with Crippen LogP contribution in [-0.2, 0) is 26.2 Å². The largest absolute Gasteiger partial charge is 0.357 e. The van der Waals surface area contributed by atoms with E-state index in [1.807, 2.05) is 18.7 Å². The highest BCUT2D eigenvalue weighted by Crippen LogP contribution is 2.13. The van der Waals surface area contributed by atoms with Gasteiger partial charge in [-0.05, 0) is 55.1 Å². The first-order valence-corrected chi connectivity index (χ1v) is 11.6. The van der Waals surface area contributed by atoms with Gasteiger partial charge in [-0.25, -0.2) is 9.98 Å². The molecule has 6 heteroatoms. The Kier molecular flexibility index (Phi) is 7.93. The molecule has 1 aromatic heterocycles. The van der Waals surface area contributed by atoms with Gasteiger partial charge >= 0.3 is 0 Å². The summed E-state index contributed by atoms with van der Waals surface area (Å²) >= 11 is 0. The Bertz CT molecular complexity index is 972. The van der Waals surface area contributed by atoms with Crippen molar-refractivity contribution in [3.63, 3.8) is 0 Å². The van der Waals surface area contributed by atoms with Crippen LogP contribution in [0.2, 0.25) is 0 Å². The minimum atomic E-state index is 0.641. The van der Waals surface area contributed by atoms with Gasteiger partial charge in [0.15, 0.2) is 5.96 Å². The lowest BCUT2D eigenvalue weighted by Crippen LogP contribution is -2.36. The van der Waals surface area contributed by atoms with E-state index in [4.69, 9.17) is 4.99 Å². The molecule has 0 spiro atoms. The Balaban J connectivity index is 1.31. The van der Waals surface area contributed by atoms with Crippen LogP contribution in [0.15, 0.2) is 72.2 Å². The average molecular weight is 431 g/mol. The van der Waals surface area contributed by atoms with Crippen molar-refractivity contribution in [3.8, 4) is 0 Å². The third-order valence-electron chi connectivity index (χ3n) is 5.77. The van der Waals surface area contributed by atoms with Gasteiger partial charge in [0.05, 0.1) is 12.9 Å². The highest BCUT2D eigenvalue weighted by atomic mass is 15.2. The monoisotopic (exact) mass is 430 g/mol. The second-order valence-electron chi connectivity index (χ2n) is 8.40. The molecule has 2 N–H and O–H groups in total. The third kappa shape index (κ3) is 6.69. The molecule has 0 amide bonds. The molecule has 4 rings (SSSR count). The average Bonchev–Trinajstić information content (AvgIpc) is 3.51. The van der Waals surface area contributed by atoms with Gasteiger partial charge in [0.2, 0.25) is 0 Å². The van der Waals surface area contributed by atoms with Crippen LogP contribution in [0, 0.1) is 0 Å². The predicted molar refractivity (Wildman–Crippen MR) is 130 cm³/mol. The lowest BCUT2D eigenvalue weighted by molar-refractivity contribution is 0.331. The minimum Gasteiger partial charge on any atom is -0.357 e. The third-order valence-corrected chi connectivity index (χ3v) is 5.77. The van der Waals surface area contributed by atoms with Crippen molar-refractivity contribution < 1.29 is 0 Å². The molecule has 6 nitrogen and oxygen atoms in total. The summed E-state index contributed by atoms with van der Waals surface area (Å²) in [6.45, 7) is 8.69. The van der Waals surface area contributed by atoms with E-state index in [-0.39, 0.29) is 0 Å². The van der Waals surface area contributed by atoms with Crippen molar-refractivity contribution >= 4 is 5.96 Å². The van der Waals surface area contributed by atoms with E-state index in [1.165, 1.54) is 48.2 Å².